The van der Waals surface area contributed by atoms with Gasteiger partial charge in [-0.15, -0.1) is 10.2 Å². The largest absolute Gasteiger partial charge is 0.360 e. The standard InChI is InChI=1S/C10H15N7/c1-6(2)8-4-9(12-5-11-8)13-7(3)10-14-16-17-15-10/h4-7H,1-3H3,(H,11,12,13)(H,14,15,16,17). The number of H-pyrrole nitrogens is 1. The van der Waals surface area contributed by atoms with E-state index in [-0.39, 0.29) is 6.04 Å². The van der Waals surface area contributed by atoms with E-state index in [0.717, 1.165) is 11.5 Å². The Kier molecular flexibility index (Phi) is 3.27. The van der Waals surface area contributed by atoms with E-state index in [0.29, 0.717) is 11.7 Å². The van der Waals surface area contributed by atoms with Crippen LogP contribution in [-0.2, 0) is 0 Å². The van der Waals surface area contributed by atoms with Gasteiger partial charge in [0.05, 0.1) is 6.04 Å². The third kappa shape index (κ3) is 2.74. The van der Waals surface area contributed by atoms with Gasteiger partial charge in [-0.2, -0.15) is 5.21 Å². The lowest BCUT2D eigenvalue weighted by Gasteiger charge is -2.11. The Bertz CT molecular complexity index is 465. The maximum absolute atomic E-state index is 4.21. The van der Waals surface area contributed by atoms with Gasteiger partial charge in [-0.1, -0.05) is 19.1 Å². The number of nitrogens with zero attached hydrogens (tertiary/aromatic N) is 5. The molecule has 2 N–H and O–H groups in total. The first kappa shape index (κ1) is 11.4. The second-order valence-corrected chi connectivity index (χ2v) is 4.12. The molecule has 0 saturated carbocycles. The number of hydrogen-bond donors (Lipinski definition) is 2. The Morgan fingerprint density at radius 3 is 2.71 bits per heavy atom. The molecule has 1 unspecified atom stereocenters. The van der Waals surface area contributed by atoms with Gasteiger partial charge in [0.2, 0.25) is 0 Å². The number of hydrogen-bond acceptors (Lipinski definition) is 6. The summed E-state index contributed by atoms with van der Waals surface area (Å²) in [7, 11) is 0. The molecule has 2 rings (SSSR count). The van der Waals surface area contributed by atoms with E-state index < -0.39 is 0 Å². The molecule has 0 aliphatic rings. The van der Waals surface area contributed by atoms with E-state index in [1.807, 2.05) is 13.0 Å². The Morgan fingerprint density at radius 1 is 1.24 bits per heavy atom. The maximum atomic E-state index is 4.21. The second-order valence-electron chi connectivity index (χ2n) is 4.12. The summed E-state index contributed by atoms with van der Waals surface area (Å²) in [5, 5.41) is 17.0. The summed E-state index contributed by atoms with van der Waals surface area (Å²) in [5.41, 5.74) is 1.00. The Morgan fingerprint density at radius 2 is 2.06 bits per heavy atom. The third-order valence-electron chi connectivity index (χ3n) is 2.39. The van der Waals surface area contributed by atoms with E-state index in [2.05, 4.69) is 49.8 Å². The highest BCUT2D eigenvalue weighted by molar-refractivity contribution is 5.37. The zero-order valence-corrected chi connectivity index (χ0v) is 10.0. The number of tetrazole rings is 1. The van der Waals surface area contributed by atoms with E-state index in [9.17, 15) is 0 Å². The highest BCUT2D eigenvalue weighted by Gasteiger charge is 2.11. The van der Waals surface area contributed by atoms with Crippen LogP contribution in [0.1, 0.15) is 44.2 Å². The van der Waals surface area contributed by atoms with Crippen molar-refractivity contribution in [1.82, 2.24) is 30.6 Å². The van der Waals surface area contributed by atoms with Crippen LogP contribution in [0.3, 0.4) is 0 Å². The van der Waals surface area contributed by atoms with E-state index in [4.69, 9.17) is 0 Å². The Balaban J connectivity index is 2.11. The zero-order chi connectivity index (χ0) is 12.3. The van der Waals surface area contributed by atoms with Crippen LogP contribution < -0.4 is 5.32 Å². The molecule has 0 aromatic carbocycles. The third-order valence-corrected chi connectivity index (χ3v) is 2.39. The van der Waals surface area contributed by atoms with Gasteiger partial charge in [0.25, 0.3) is 0 Å². The fraction of sp³-hybridized carbons (Fsp3) is 0.500. The van der Waals surface area contributed by atoms with Gasteiger partial charge in [-0.25, -0.2) is 9.97 Å². The van der Waals surface area contributed by atoms with Crippen LogP contribution in [0.4, 0.5) is 5.82 Å². The van der Waals surface area contributed by atoms with Crippen LogP contribution in [-0.4, -0.2) is 30.6 Å². The van der Waals surface area contributed by atoms with E-state index in [1.165, 1.54) is 0 Å². The molecule has 0 radical (unpaired) electrons. The van der Waals surface area contributed by atoms with Crippen LogP contribution in [0.2, 0.25) is 0 Å². The summed E-state index contributed by atoms with van der Waals surface area (Å²) in [5.74, 6) is 1.75. The minimum Gasteiger partial charge on any atom is -0.360 e. The predicted octanol–water partition coefficient (Wildman–Crippen LogP) is 1.29. The molecule has 0 saturated heterocycles. The molecule has 0 fully saturated rings. The molecule has 2 heterocycles. The minimum atomic E-state index is -0.0522. The number of aromatic amines is 1. The molecule has 7 heteroatoms. The SMILES string of the molecule is CC(C)c1cc(NC(C)c2nn[nH]n2)ncn1. The monoisotopic (exact) mass is 233 g/mol. The van der Waals surface area contributed by atoms with Crippen LogP contribution in [0, 0.1) is 0 Å². The van der Waals surface area contributed by atoms with Gasteiger partial charge >= 0.3 is 0 Å². The van der Waals surface area contributed by atoms with Crippen molar-refractivity contribution in [3.05, 3.63) is 23.9 Å². The van der Waals surface area contributed by atoms with Crippen LogP contribution in [0.15, 0.2) is 12.4 Å². The highest BCUT2D eigenvalue weighted by atomic mass is 15.5. The first-order chi connectivity index (χ1) is 8.16. The quantitative estimate of drug-likeness (QED) is 0.826. The number of anilines is 1. The lowest BCUT2D eigenvalue weighted by Crippen LogP contribution is -2.10. The lowest BCUT2D eigenvalue weighted by molar-refractivity contribution is 0.777. The van der Waals surface area contributed by atoms with E-state index in [1.54, 1.807) is 6.33 Å². The van der Waals surface area contributed by atoms with Gasteiger partial charge in [-0.05, 0) is 12.8 Å². The molecule has 0 aliphatic carbocycles. The van der Waals surface area contributed by atoms with Gasteiger partial charge in [0, 0.05) is 11.8 Å². The molecule has 0 bridgehead atoms. The minimum absolute atomic E-state index is 0.0522. The fourth-order valence-electron chi connectivity index (χ4n) is 1.41. The van der Waals surface area contributed by atoms with Gasteiger partial charge in [0.1, 0.15) is 12.1 Å². The van der Waals surface area contributed by atoms with Gasteiger partial charge in [0.15, 0.2) is 5.82 Å². The molecule has 0 spiro atoms. The highest BCUT2D eigenvalue weighted by Crippen LogP contribution is 2.17. The molecule has 7 nitrogen and oxygen atoms in total. The van der Waals surface area contributed by atoms with Crippen molar-refractivity contribution in [3.63, 3.8) is 0 Å². The maximum Gasteiger partial charge on any atom is 0.196 e. The molecule has 0 aliphatic heterocycles. The average molecular weight is 233 g/mol. The molecule has 2 aromatic heterocycles. The number of nitrogens with one attached hydrogen (secondary N) is 2. The van der Waals surface area contributed by atoms with Crippen molar-refractivity contribution in [2.75, 3.05) is 5.32 Å². The number of rotatable bonds is 4. The normalized spacial score (nSPS) is 12.7. The summed E-state index contributed by atoms with van der Waals surface area (Å²) < 4.78 is 0. The van der Waals surface area contributed by atoms with Crippen LogP contribution in [0.5, 0.6) is 0 Å². The lowest BCUT2D eigenvalue weighted by atomic mass is 10.1. The number of aromatic nitrogens is 6. The summed E-state index contributed by atoms with van der Waals surface area (Å²) >= 11 is 0. The summed E-state index contributed by atoms with van der Waals surface area (Å²) in [6, 6.07) is 1.88. The van der Waals surface area contributed by atoms with Crippen molar-refractivity contribution in [1.29, 1.82) is 0 Å². The Labute approximate surface area is 99.1 Å². The van der Waals surface area contributed by atoms with Gasteiger partial charge < -0.3 is 5.32 Å². The topological polar surface area (TPSA) is 92.3 Å². The molecular weight excluding hydrogens is 218 g/mol. The van der Waals surface area contributed by atoms with Crippen molar-refractivity contribution in [3.8, 4) is 0 Å². The Hall–Kier alpha value is -2.05. The molecule has 17 heavy (non-hydrogen) atoms. The predicted molar refractivity (Wildman–Crippen MR) is 62.3 cm³/mol. The first-order valence-electron chi connectivity index (χ1n) is 5.48. The molecule has 0 amide bonds. The molecule has 90 valence electrons. The van der Waals surface area contributed by atoms with Crippen LogP contribution >= 0.6 is 0 Å². The van der Waals surface area contributed by atoms with Crippen molar-refractivity contribution >= 4 is 5.82 Å². The fourth-order valence-corrected chi connectivity index (χ4v) is 1.41. The second kappa shape index (κ2) is 4.86. The van der Waals surface area contributed by atoms with Gasteiger partial charge in [-0.3, -0.25) is 0 Å². The van der Waals surface area contributed by atoms with Crippen LogP contribution in [0.25, 0.3) is 0 Å². The van der Waals surface area contributed by atoms with Crippen molar-refractivity contribution < 1.29 is 0 Å². The summed E-state index contributed by atoms with van der Waals surface area (Å²) in [6.07, 6.45) is 1.56. The van der Waals surface area contributed by atoms with Crippen molar-refractivity contribution in [2.24, 2.45) is 0 Å². The average Bonchev–Trinajstić information content (AvgIpc) is 2.82. The summed E-state index contributed by atoms with van der Waals surface area (Å²) in [4.78, 5) is 8.37. The molecule has 1 atom stereocenters. The first-order valence-corrected chi connectivity index (χ1v) is 5.48. The zero-order valence-electron chi connectivity index (χ0n) is 10.0. The van der Waals surface area contributed by atoms with Crippen molar-refractivity contribution in [2.45, 2.75) is 32.7 Å². The van der Waals surface area contributed by atoms with E-state index >= 15 is 0 Å². The smallest absolute Gasteiger partial charge is 0.196 e. The molecular formula is C10H15N7. The summed E-state index contributed by atoms with van der Waals surface area (Å²) in [6.45, 7) is 6.13. The molecule has 2 aromatic rings.